The zero-order chi connectivity index (χ0) is 20.2. The second-order valence-corrected chi connectivity index (χ2v) is 7.42. The van der Waals surface area contributed by atoms with Crippen molar-refractivity contribution in [2.24, 2.45) is 0 Å². The molecule has 148 valence electrons. The summed E-state index contributed by atoms with van der Waals surface area (Å²) >= 11 is 0. The Labute approximate surface area is 152 Å². The molecule has 0 heterocycles. The topological polar surface area (TPSA) is 71.5 Å². The molecule has 0 rings (SSSR count). The molecular formula is C5H2F12NNaO4S2. The van der Waals surface area contributed by atoms with Crippen LogP contribution < -0.4 is 0 Å². The molecule has 0 aliphatic heterocycles. The quantitative estimate of drug-likeness (QED) is 0.348. The van der Waals surface area contributed by atoms with Crippen molar-refractivity contribution in [3.63, 3.8) is 0 Å². The summed E-state index contributed by atoms with van der Waals surface area (Å²) in [5, 5.41) is -14.8. The molecule has 25 heavy (non-hydrogen) atoms. The van der Waals surface area contributed by atoms with E-state index in [1.807, 2.05) is 0 Å². The van der Waals surface area contributed by atoms with Crippen LogP contribution in [0.2, 0.25) is 0 Å². The summed E-state index contributed by atoms with van der Waals surface area (Å²) in [5.74, 6) is -7.04. The molecule has 0 aromatic heterocycles. The van der Waals surface area contributed by atoms with Crippen LogP contribution in [0.3, 0.4) is 0 Å². The van der Waals surface area contributed by atoms with E-state index in [1.54, 1.807) is 0 Å². The number of hydrogen-bond donors (Lipinski definition) is 0. The zero-order valence-electron chi connectivity index (χ0n) is 10.0. The minimum absolute atomic E-state index is 0. The first-order valence-corrected chi connectivity index (χ1v) is 7.42. The maximum absolute atomic E-state index is 12.9. The summed E-state index contributed by atoms with van der Waals surface area (Å²) in [7, 11) is -16.6. The monoisotopic (exact) mass is 455 g/mol. The van der Waals surface area contributed by atoms with Gasteiger partial charge in [-0.1, -0.05) is 0 Å². The van der Waals surface area contributed by atoms with E-state index in [9.17, 15) is 69.6 Å². The fraction of sp³-hybridized carbons (Fsp3) is 1.00. The molecule has 5 nitrogen and oxygen atoms in total. The van der Waals surface area contributed by atoms with Gasteiger partial charge in [0.05, 0.1) is 3.93 Å². The van der Waals surface area contributed by atoms with E-state index < -0.39 is 53.0 Å². The van der Waals surface area contributed by atoms with E-state index in [0.717, 1.165) is 0 Å². The molecule has 0 spiro atoms. The molecule has 0 atom stereocenters. The molecule has 0 saturated carbocycles. The SMILES string of the molecule is O=S(=O)(N(F)S(=O)(=O)C(F)(F)C(F)(F)C(F)F)C(F)(F)C(F)(F)F.[NaH]. The summed E-state index contributed by atoms with van der Waals surface area (Å²) in [6, 6.07) is 0. The van der Waals surface area contributed by atoms with Crippen molar-refractivity contribution < 1.29 is 69.6 Å². The molecule has 20 heteroatoms. The molecule has 0 aromatic rings. The molecule has 0 bridgehead atoms. The fourth-order valence-corrected chi connectivity index (χ4v) is 3.44. The van der Waals surface area contributed by atoms with Gasteiger partial charge in [0.15, 0.2) is 0 Å². The second-order valence-electron chi connectivity index (χ2n) is 3.62. The van der Waals surface area contributed by atoms with Crippen molar-refractivity contribution in [3.8, 4) is 0 Å². The van der Waals surface area contributed by atoms with Gasteiger partial charge in [-0.15, -0.1) is 4.48 Å². The van der Waals surface area contributed by atoms with Crippen molar-refractivity contribution >= 4 is 49.6 Å². The van der Waals surface area contributed by atoms with E-state index >= 15 is 0 Å². The van der Waals surface area contributed by atoms with E-state index in [-0.39, 0.29) is 29.6 Å². The van der Waals surface area contributed by atoms with Crippen molar-refractivity contribution in [1.29, 1.82) is 0 Å². The first-order valence-electron chi connectivity index (χ1n) is 4.54. The number of nitrogens with zero attached hydrogens (tertiary/aromatic N) is 1. The van der Waals surface area contributed by atoms with E-state index in [4.69, 9.17) is 0 Å². The number of rotatable bonds is 6. The maximum atomic E-state index is 12.9. The van der Waals surface area contributed by atoms with Gasteiger partial charge in [-0.25, -0.2) is 25.6 Å². The number of sulfonamides is 2. The summed E-state index contributed by atoms with van der Waals surface area (Å²) in [6.07, 6.45) is -12.9. The van der Waals surface area contributed by atoms with Crippen LogP contribution in [0, 0.1) is 0 Å². The van der Waals surface area contributed by atoms with Gasteiger partial charge in [0.2, 0.25) is 0 Å². The Balaban J connectivity index is 0. The Hall–Kier alpha value is 0.0200. The summed E-state index contributed by atoms with van der Waals surface area (Å²) < 4.78 is 185. The van der Waals surface area contributed by atoms with Gasteiger partial charge >= 0.3 is 78.6 Å². The molecule has 0 N–H and O–H groups in total. The minimum atomic E-state index is -8.31. The van der Waals surface area contributed by atoms with E-state index in [0.29, 0.717) is 0 Å². The van der Waals surface area contributed by atoms with Crippen LogP contribution in [0.5, 0.6) is 0 Å². The van der Waals surface area contributed by atoms with Gasteiger partial charge in [-0.3, -0.25) is 0 Å². The van der Waals surface area contributed by atoms with Crippen molar-refractivity contribution in [1.82, 2.24) is 3.93 Å². The normalized spacial score (nSPS) is 15.4. The summed E-state index contributed by atoms with van der Waals surface area (Å²) in [4.78, 5) is 0. The predicted molar refractivity (Wildman–Crippen MR) is 54.8 cm³/mol. The first-order chi connectivity index (χ1) is 10.1. The van der Waals surface area contributed by atoms with Gasteiger partial charge in [0.25, 0.3) is 0 Å². The molecule has 0 aliphatic carbocycles. The molecule has 0 saturated heterocycles. The third-order valence-corrected chi connectivity index (χ3v) is 5.75. The Morgan fingerprint density at radius 2 is 0.960 bits per heavy atom. The first kappa shape index (κ1) is 27.2. The van der Waals surface area contributed by atoms with Crippen LogP contribution in [-0.4, -0.2) is 79.4 Å². The second kappa shape index (κ2) is 7.21. The predicted octanol–water partition coefficient (Wildman–Crippen LogP) is 1.83. The molecule has 0 amide bonds. The molecule has 0 radical (unpaired) electrons. The van der Waals surface area contributed by atoms with Gasteiger partial charge in [0.1, 0.15) is 0 Å². The van der Waals surface area contributed by atoms with Gasteiger partial charge in [-0.05, 0) is 0 Å². The van der Waals surface area contributed by atoms with E-state index in [2.05, 4.69) is 0 Å². The van der Waals surface area contributed by atoms with Crippen molar-refractivity contribution in [2.45, 2.75) is 29.0 Å². The molecule has 0 aliphatic rings. The molecule has 0 fully saturated rings. The molecular weight excluding hydrogens is 453 g/mol. The van der Waals surface area contributed by atoms with Crippen LogP contribution in [-0.2, 0) is 20.0 Å². The van der Waals surface area contributed by atoms with Crippen LogP contribution in [0.25, 0.3) is 0 Å². The van der Waals surface area contributed by atoms with Crippen molar-refractivity contribution in [3.05, 3.63) is 0 Å². The Kier molecular flexibility index (Phi) is 7.86. The van der Waals surface area contributed by atoms with Crippen LogP contribution >= 0.6 is 0 Å². The average Bonchev–Trinajstić information content (AvgIpc) is 2.35. The zero-order valence-corrected chi connectivity index (χ0v) is 11.6. The Bertz CT molecular complexity index is 685. The Morgan fingerprint density at radius 3 is 1.20 bits per heavy atom. The van der Waals surface area contributed by atoms with Gasteiger partial charge < -0.3 is 0 Å². The Morgan fingerprint density at radius 1 is 0.680 bits per heavy atom. The average molecular weight is 455 g/mol. The third kappa shape index (κ3) is 3.99. The van der Waals surface area contributed by atoms with Crippen LogP contribution in [0.4, 0.5) is 52.8 Å². The van der Waals surface area contributed by atoms with Gasteiger partial charge in [0, 0.05) is 0 Å². The number of alkyl halides is 11. The van der Waals surface area contributed by atoms with Gasteiger partial charge in [-0.2, -0.15) is 39.5 Å². The molecule has 0 aromatic carbocycles. The van der Waals surface area contributed by atoms with Crippen LogP contribution in [0.15, 0.2) is 0 Å². The summed E-state index contributed by atoms with van der Waals surface area (Å²) in [6.45, 7) is 0. The third-order valence-electron chi connectivity index (χ3n) is 2.02. The van der Waals surface area contributed by atoms with Crippen molar-refractivity contribution in [2.75, 3.05) is 0 Å². The standard InChI is InChI=1S/C5HF12NO4S2.Na.H/c6-1(7)2(8,9)4(13,14)23(19,20)18(17)24(21,22)5(15,16)3(10,11)12;;/h1H;;. The van der Waals surface area contributed by atoms with E-state index in [1.165, 1.54) is 0 Å². The number of halogens is 12. The molecule has 0 unspecified atom stereocenters. The van der Waals surface area contributed by atoms with Crippen LogP contribution in [0.1, 0.15) is 0 Å². The summed E-state index contributed by atoms with van der Waals surface area (Å²) in [5.41, 5.74) is 0. The number of hydrogen-bond acceptors (Lipinski definition) is 4. The fourth-order valence-electron chi connectivity index (χ4n) is 0.755.